The molecule has 0 saturated heterocycles. The van der Waals surface area contributed by atoms with Crippen molar-refractivity contribution < 1.29 is 5.11 Å². The van der Waals surface area contributed by atoms with Gasteiger partial charge in [0.15, 0.2) is 0 Å². The van der Waals surface area contributed by atoms with Crippen LogP contribution in [-0.4, -0.2) is 15.7 Å². The summed E-state index contributed by atoms with van der Waals surface area (Å²) in [7, 11) is 0. The van der Waals surface area contributed by atoms with Crippen LogP contribution >= 0.6 is 0 Å². The van der Waals surface area contributed by atoms with E-state index in [1.54, 1.807) is 12.1 Å². The Morgan fingerprint density at radius 1 is 1.43 bits per heavy atom. The van der Waals surface area contributed by atoms with E-state index in [0.29, 0.717) is 5.75 Å². The molecule has 3 nitrogen and oxygen atoms in total. The lowest BCUT2D eigenvalue weighted by atomic mass is 10.2. The quantitative estimate of drug-likeness (QED) is 0.757. The maximum atomic E-state index is 9.36. The summed E-state index contributed by atoms with van der Waals surface area (Å²) in [5.41, 5.74) is 6.76. The first-order valence-electron chi connectivity index (χ1n) is 4.70. The molecule has 2 aromatic rings. The van der Waals surface area contributed by atoms with Crippen LogP contribution in [-0.2, 0) is 6.54 Å². The summed E-state index contributed by atoms with van der Waals surface area (Å²) in [6, 6.07) is 7.50. The van der Waals surface area contributed by atoms with Gasteiger partial charge in [-0.1, -0.05) is 0 Å². The third-order valence-corrected chi connectivity index (χ3v) is 2.24. The summed E-state index contributed by atoms with van der Waals surface area (Å²) < 4.78 is 2.06. The van der Waals surface area contributed by atoms with Gasteiger partial charge in [0.25, 0.3) is 0 Å². The molecule has 3 N–H and O–H groups in total. The minimum Gasteiger partial charge on any atom is -0.508 e. The molecule has 0 aliphatic heterocycles. The van der Waals surface area contributed by atoms with Gasteiger partial charge < -0.3 is 15.4 Å². The number of hydrogen-bond acceptors (Lipinski definition) is 2. The van der Waals surface area contributed by atoms with E-state index in [4.69, 9.17) is 5.73 Å². The molecule has 0 fully saturated rings. The zero-order chi connectivity index (χ0) is 10.1. The van der Waals surface area contributed by atoms with Crippen molar-refractivity contribution in [3.63, 3.8) is 0 Å². The molecule has 1 aromatic carbocycles. The predicted molar refractivity (Wildman–Crippen MR) is 57.3 cm³/mol. The summed E-state index contributed by atoms with van der Waals surface area (Å²) in [6.07, 6.45) is 1.99. The second-order valence-electron chi connectivity index (χ2n) is 3.69. The number of fused-ring (bicyclic) bond motifs is 1. The monoisotopic (exact) mass is 190 g/mol. The zero-order valence-electron chi connectivity index (χ0n) is 8.14. The van der Waals surface area contributed by atoms with Crippen LogP contribution in [0.2, 0.25) is 0 Å². The molecule has 3 heteroatoms. The van der Waals surface area contributed by atoms with Crippen LogP contribution < -0.4 is 5.73 Å². The van der Waals surface area contributed by atoms with Crippen molar-refractivity contribution in [1.29, 1.82) is 0 Å². The van der Waals surface area contributed by atoms with Crippen LogP contribution in [0.1, 0.15) is 6.92 Å². The second-order valence-corrected chi connectivity index (χ2v) is 3.69. The first-order valence-corrected chi connectivity index (χ1v) is 4.70. The highest BCUT2D eigenvalue weighted by Gasteiger charge is 2.03. The third-order valence-electron chi connectivity index (χ3n) is 2.24. The van der Waals surface area contributed by atoms with Gasteiger partial charge in [0, 0.05) is 24.8 Å². The molecule has 0 bridgehead atoms. The van der Waals surface area contributed by atoms with Crippen molar-refractivity contribution in [3.8, 4) is 5.75 Å². The van der Waals surface area contributed by atoms with Crippen molar-refractivity contribution >= 4 is 10.9 Å². The highest BCUT2D eigenvalue weighted by Crippen LogP contribution is 2.20. The van der Waals surface area contributed by atoms with Crippen LogP contribution in [0.25, 0.3) is 10.9 Å². The Morgan fingerprint density at radius 2 is 2.21 bits per heavy atom. The normalized spacial score (nSPS) is 13.3. The molecular weight excluding hydrogens is 176 g/mol. The summed E-state index contributed by atoms with van der Waals surface area (Å²) in [4.78, 5) is 0. The Labute approximate surface area is 82.8 Å². The van der Waals surface area contributed by atoms with Gasteiger partial charge in [0.05, 0.1) is 5.52 Å². The van der Waals surface area contributed by atoms with E-state index in [-0.39, 0.29) is 6.04 Å². The van der Waals surface area contributed by atoms with Crippen LogP contribution in [0.15, 0.2) is 30.5 Å². The van der Waals surface area contributed by atoms with E-state index >= 15 is 0 Å². The van der Waals surface area contributed by atoms with Crippen molar-refractivity contribution in [3.05, 3.63) is 30.5 Å². The van der Waals surface area contributed by atoms with Gasteiger partial charge in [-0.05, 0) is 30.5 Å². The fraction of sp³-hybridized carbons (Fsp3) is 0.273. The minimum absolute atomic E-state index is 0.118. The summed E-state index contributed by atoms with van der Waals surface area (Å²) in [6.45, 7) is 2.74. The second kappa shape index (κ2) is 3.35. The standard InChI is InChI=1S/C11H14N2O/c1-8(12)7-13-5-4-9-2-3-10(14)6-11(9)13/h2-6,8,14H,7,12H2,1H3/t8-/m1/s1. The summed E-state index contributed by atoms with van der Waals surface area (Å²) in [5, 5.41) is 10.5. The van der Waals surface area contributed by atoms with Gasteiger partial charge in [-0.15, -0.1) is 0 Å². The number of aromatic nitrogens is 1. The van der Waals surface area contributed by atoms with Crippen molar-refractivity contribution in [2.75, 3.05) is 0 Å². The smallest absolute Gasteiger partial charge is 0.117 e. The van der Waals surface area contributed by atoms with Gasteiger partial charge in [-0.25, -0.2) is 0 Å². The molecule has 0 spiro atoms. The lowest BCUT2D eigenvalue weighted by Gasteiger charge is -2.08. The van der Waals surface area contributed by atoms with E-state index in [2.05, 4.69) is 4.57 Å². The van der Waals surface area contributed by atoms with E-state index in [9.17, 15) is 5.11 Å². The highest BCUT2D eigenvalue weighted by molar-refractivity contribution is 5.81. The number of nitrogens with two attached hydrogens (primary N) is 1. The first kappa shape index (κ1) is 9.09. The Kier molecular flexibility index (Phi) is 2.17. The predicted octanol–water partition coefficient (Wildman–Crippen LogP) is 1.69. The van der Waals surface area contributed by atoms with Crippen molar-refractivity contribution in [2.45, 2.75) is 19.5 Å². The number of nitrogens with zero attached hydrogens (tertiary/aromatic N) is 1. The SMILES string of the molecule is C[C@@H](N)Cn1ccc2ccc(O)cc21. The van der Waals surface area contributed by atoms with Crippen LogP contribution in [0, 0.1) is 0 Å². The molecule has 0 unspecified atom stereocenters. The molecule has 14 heavy (non-hydrogen) atoms. The van der Waals surface area contributed by atoms with E-state index < -0.39 is 0 Å². The van der Waals surface area contributed by atoms with Crippen LogP contribution in [0.4, 0.5) is 0 Å². The fourth-order valence-electron chi connectivity index (χ4n) is 1.64. The molecule has 0 aliphatic rings. The topological polar surface area (TPSA) is 51.2 Å². The fourth-order valence-corrected chi connectivity index (χ4v) is 1.64. The molecule has 0 amide bonds. The number of aromatic hydroxyl groups is 1. The molecule has 0 aliphatic carbocycles. The lowest BCUT2D eigenvalue weighted by Crippen LogP contribution is -2.21. The van der Waals surface area contributed by atoms with E-state index in [1.807, 2.05) is 25.3 Å². The Bertz CT molecular complexity index is 445. The maximum Gasteiger partial charge on any atom is 0.117 e. The average Bonchev–Trinajstić information content (AvgIpc) is 2.47. The number of phenols is 1. The van der Waals surface area contributed by atoms with Gasteiger partial charge in [-0.3, -0.25) is 0 Å². The van der Waals surface area contributed by atoms with Crippen LogP contribution in [0.3, 0.4) is 0 Å². The minimum atomic E-state index is 0.118. The van der Waals surface area contributed by atoms with Gasteiger partial charge in [0.1, 0.15) is 5.75 Å². The Balaban J connectivity index is 2.50. The highest BCUT2D eigenvalue weighted by atomic mass is 16.3. The maximum absolute atomic E-state index is 9.36. The Morgan fingerprint density at radius 3 is 2.93 bits per heavy atom. The molecule has 74 valence electrons. The van der Waals surface area contributed by atoms with Gasteiger partial charge >= 0.3 is 0 Å². The number of phenolic OH excluding ortho intramolecular Hbond substituents is 1. The molecule has 1 aromatic heterocycles. The lowest BCUT2D eigenvalue weighted by molar-refractivity contribution is 0.475. The van der Waals surface area contributed by atoms with Crippen molar-refractivity contribution in [2.24, 2.45) is 5.73 Å². The van der Waals surface area contributed by atoms with Crippen molar-refractivity contribution in [1.82, 2.24) is 4.57 Å². The van der Waals surface area contributed by atoms with E-state index in [0.717, 1.165) is 17.4 Å². The first-order chi connectivity index (χ1) is 6.66. The molecule has 1 heterocycles. The molecule has 0 saturated carbocycles. The zero-order valence-corrected chi connectivity index (χ0v) is 8.14. The molecule has 1 atom stereocenters. The Hall–Kier alpha value is -1.48. The number of hydrogen-bond donors (Lipinski definition) is 2. The molecule has 2 rings (SSSR count). The summed E-state index contributed by atoms with van der Waals surface area (Å²) in [5.74, 6) is 0.294. The largest absolute Gasteiger partial charge is 0.508 e. The van der Waals surface area contributed by atoms with Gasteiger partial charge in [-0.2, -0.15) is 0 Å². The van der Waals surface area contributed by atoms with Gasteiger partial charge in [0.2, 0.25) is 0 Å². The number of benzene rings is 1. The average molecular weight is 190 g/mol. The van der Waals surface area contributed by atoms with Crippen LogP contribution in [0.5, 0.6) is 5.75 Å². The number of rotatable bonds is 2. The third kappa shape index (κ3) is 1.59. The van der Waals surface area contributed by atoms with E-state index in [1.165, 1.54) is 0 Å². The summed E-state index contributed by atoms with van der Waals surface area (Å²) >= 11 is 0. The molecule has 0 radical (unpaired) electrons. The molecular formula is C11H14N2O.